The Balaban J connectivity index is 1.56. The number of alkyl halides is 2. The highest BCUT2D eigenvalue weighted by Crippen LogP contribution is 2.37. The molecule has 2 aromatic heterocycles. The fraction of sp³-hybridized carbons (Fsp3) is 0.500. The molecule has 1 fully saturated rings. The van der Waals surface area contributed by atoms with Crippen molar-refractivity contribution < 1.29 is 23.0 Å². The van der Waals surface area contributed by atoms with Gasteiger partial charge in [0.05, 0.1) is 12.7 Å². The number of pyridine rings is 2. The van der Waals surface area contributed by atoms with Crippen LogP contribution in [0.4, 0.5) is 8.78 Å². The molecule has 0 aliphatic heterocycles. The lowest BCUT2D eigenvalue weighted by atomic mass is 9.76. The maximum Gasteiger partial charge on any atom is 0.387 e. The zero-order valence-electron chi connectivity index (χ0n) is 17.2. The summed E-state index contributed by atoms with van der Waals surface area (Å²) < 4.78 is 34.4. The highest BCUT2D eigenvalue weighted by atomic mass is 19.3. The van der Waals surface area contributed by atoms with Gasteiger partial charge < -0.3 is 14.8 Å². The summed E-state index contributed by atoms with van der Waals surface area (Å²) in [5, 5.41) is 3.14. The third-order valence-electron chi connectivity index (χ3n) is 5.70. The minimum atomic E-state index is -2.84. The van der Waals surface area contributed by atoms with Crippen molar-refractivity contribution in [2.45, 2.75) is 57.6 Å². The number of hydrogen-bond acceptors (Lipinski definition) is 5. The third kappa shape index (κ3) is 5.64. The number of hydrogen-bond donors (Lipinski definition) is 1. The predicted molar refractivity (Wildman–Crippen MR) is 108 cm³/mol. The van der Waals surface area contributed by atoms with E-state index in [0.717, 1.165) is 37.8 Å². The number of methoxy groups -OCH3 is 1. The molecular weight excluding hydrogens is 392 g/mol. The minimum absolute atomic E-state index is 0.0713. The normalized spacial score (nSPS) is 19.9. The predicted octanol–water partition coefficient (Wildman–Crippen LogP) is 4.57. The first-order chi connectivity index (χ1) is 14.5. The number of rotatable bonds is 8. The maximum atomic E-state index is 12.6. The van der Waals surface area contributed by atoms with Crippen LogP contribution in [-0.2, 0) is 0 Å². The molecule has 2 aromatic rings. The summed E-state index contributed by atoms with van der Waals surface area (Å²) in [5.41, 5.74) is 1.29. The first-order valence-corrected chi connectivity index (χ1v) is 10.2. The second-order valence-electron chi connectivity index (χ2n) is 7.48. The van der Waals surface area contributed by atoms with Gasteiger partial charge in [-0.25, -0.2) is 4.98 Å². The number of carbonyl (C=O) groups excluding carboxylic acids is 1. The summed E-state index contributed by atoms with van der Waals surface area (Å²) in [4.78, 5) is 21.0. The lowest BCUT2D eigenvalue weighted by molar-refractivity contribution is -0.0499. The van der Waals surface area contributed by atoms with Crippen molar-refractivity contribution in [2.75, 3.05) is 7.11 Å². The van der Waals surface area contributed by atoms with Gasteiger partial charge in [0.2, 0.25) is 5.88 Å². The molecule has 0 unspecified atom stereocenters. The molecule has 30 heavy (non-hydrogen) atoms. The summed E-state index contributed by atoms with van der Waals surface area (Å²) in [7, 11) is 1.53. The van der Waals surface area contributed by atoms with Gasteiger partial charge >= 0.3 is 6.61 Å². The van der Waals surface area contributed by atoms with Gasteiger partial charge in [-0.1, -0.05) is 6.92 Å². The van der Waals surface area contributed by atoms with E-state index in [1.54, 1.807) is 18.2 Å². The van der Waals surface area contributed by atoms with E-state index in [1.165, 1.54) is 25.6 Å². The highest BCUT2D eigenvalue weighted by molar-refractivity contribution is 5.94. The van der Waals surface area contributed by atoms with Crippen molar-refractivity contribution in [1.82, 2.24) is 15.3 Å². The molecule has 0 spiro atoms. The van der Waals surface area contributed by atoms with Crippen LogP contribution in [0, 0.1) is 5.92 Å². The maximum absolute atomic E-state index is 12.6. The molecule has 0 bridgehead atoms. The van der Waals surface area contributed by atoms with Crippen molar-refractivity contribution >= 4 is 5.91 Å². The van der Waals surface area contributed by atoms with Crippen molar-refractivity contribution in [3.8, 4) is 11.6 Å². The molecular formula is C22H27F2N3O3. The smallest absolute Gasteiger partial charge is 0.387 e. The number of aromatic nitrogens is 2. The average Bonchev–Trinajstić information content (AvgIpc) is 2.77. The lowest BCUT2D eigenvalue weighted by Crippen LogP contribution is -2.41. The number of nitrogens with one attached hydrogen (secondary N) is 1. The van der Waals surface area contributed by atoms with E-state index in [1.807, 2.05) is 0 Å². The Kier molecular flexibility index (Phi) is 7.54. The number of nitrogens with zero attached hydrogens (tertiary/aromatic N) is 2. The molecule has 1 aliphatic rings. The molecule has 6 nitrogen and oxygen atoms in total. The zero-order chi connectivity index (χ0) is 21.5. The van der Waals surface area contributed by atoms with Crippen LogP contribution in [0.1, 0.15) is 61.0 Å². The largest absolute Gasteiger partial charge is 0.481 e. The molecule has 1 atom stereocenters. The van der Waals surface area contributed by atoms with Gasteiger partial charge in [-0.15, -0.1) is 0 Å². The molecule has 0 radical (unpaired) electrons. The minimum Gasteiger partial charge on any atom is -0.481 e. The fourth-order valence-corrected chi connectivity index (χ4v) is 4.09. The monoisotopic (exact) mass is 419 g/mol. The van der Waals surface area contributed by atoms with Crippen molar-refractivity contribution in [2.24, 2.45) is 5.92 Å². The molecule has 0 saturated heterocycles. The molecule has 1 amide bonds. The average molecular weight is 419 g/mol. The quantitative estimate of drug-likeness (QED) is 0.679. The number of carbonyl (C=O) groups is 1. The summed E-state index contributed by atoms with van der Waals surface area (Å²) in [6.07, 6.45) is 7.52. The van der Waals surface area contributed by atoms with E-state index < -0.39 is 6.61 Å². The van der Waals surface area contributed by atoms with Gasteiger partial charge in [-0.2, -0.15) is 8.78 Å². The van der Waals surface area contributed by atoms with Gasteiger partial charge in [0.25, 0.3) is 5.91 Å². The summed E-state index contributed by atoms with van der Waals surface area (Å²) in [6, 6.07) is 6.48. The van der Waals surface area contributed by atoms with Gasteiger partial charge in [-0.05, 0) is 50.2 Å². The molecule has 3 rings (SSSR count). The van der Waals surface area contributed by atoms with Crippen LogP contribution in [0.3, 0.4) is 0 Å². The Morgan fingerprint density at radius 3 is 2.57 bits per heavy atom. The molecule has 1 N–H and O–H groups in total. The van der Waals surface area contributed by atoms with Crippen molar-refractivity contribution in [3.63, 3.8) is 0 Å². The van der Waals surface area contributed by atoms with E-state index in [4.69, 9.17) is 4.74 Å². The Morgan fingerprint density at radius 1 is 1.20 bits per heavy atom. The number of halogens is 2. The van der Waals surface area contributed by atoms with Crippen LogP contribution in [0.15, 0.2) is 36.7 Å². The third-order valence-corrected chi connectivity index (χ3v) is 5.70. The topological polar surface area (TPSA) is 73.3 Å². The Morgan fingerprint density at radius 2 is 1.97 bits per heavy atom. The molecule has 1 aliphatic carbocycles. The van der Waals surface area contributed by atoms with Crippen LogP contribution >= 0.6 is 0 Å². The Labute approximate surface area is 175 Å². The lowest BCUT2D eigenvalue weighted by Gasteiger charge is -2.33. The Hall–Kier alpha value is -2.77. The van der Waals surface area contributed by atoms with Gasteiger partial charge in [-0.3, -0.25) is 9.78 Å². The fourth-order valence-electron chi connectivity index (χ4n) is 4.09. The van der Waals surface area contributed by atoms with Crippen LogP contribution < -0.4 is 14.8 Å². The van der Waals surface area contributed by atoms with Crippen molar-refractivity contribution in [3.05, 3.63) is 47.9 Å². The standard InChI is InChI=1S/C22H27F2N3O3/c1-3-18(27-21(28)16-8-9-20(29-2)26-13-16)14-4-6-15(7-5-14)19-12-17(10-11-25-19)30-22(23)24/h8-15,18,22H,3-7H2,1-2H3,(H,27,28)/t14-,15+,18-/m1/s1. The van der Waals surface area contributed by atoms with Crippen LogP contribution in [0.2, 0.25) is 0 Å². The van der Waals surface area contributed by atoms with Crippen molar-refractivity contribution in [1.29, 1.82) is 0 Å². The van der Waals surface area contributed by atoms with Gasteiger partial charge in [0.15, 0.2) is 0 Å². The van der Waals surface area contributed by atoms with Crippen LogP contribution in [-0.4, -0.2) is 35.6 Å². The van der Waals surface area contributed by atoms with E-state index in [-0.39, 0.29) is 23.6 Å². The first-order valence-electron chi connectivity index (χ1n) is 10.2. The van der Waals surface area contributed by atoms with Crippen LogP contribution in [0.25, 0.3) is 0 Å². The van der Waals surface area contributed by atoms with E-state index in [9.17, 15) is 13.6 Å². The van der Waals surface area contributed by atoms with E-state index >= 15 is 0 Å². The van der Waals surface area contributed by atoms with E-state index in [0.29, 0.717) is 17.4 Å². The molecule has 162 valence electrons. The summed E-state index contributed by atoms with van der Waals surface area (Å²) in [5.74, 6) is 1.04. The molecule has 2 heterocycles. The summed E-state index contributed by atoms with van der Waals surface area (Å²) in [6.45, 7) is -0.776. The first kappa shape index (κ1) is 21.9. The zero-order valence-corrected chi connectivity index (χ0v) is 17.2. The number of amides is 1. The van der Waals surface area contributed by atoms with Crippen LogP contribution in [0.5, 0.6) is 11.6 Å². The highest BCUT2D eigenvalue weighted by Gasteiger charge is 2.29. The molecule has 8 heteroatoms. The summed E-state index contributed by atoms with van der Waals surface area (Å²) >= 11 is 0. The van der Waals surface area contributed by atoms with Gasteiger partial charge in [0, 0.05) is 42.2 Å². The second-order valence-corrected chi connectivity index (χ2v) is 7.48. The van der Waals surface area contributed by atoms with E-state index in [2.05, 4.69) is 26.9 Å². The number of ether oxygens (including phenoxy) is 2. The Bertz CT molecular complexity index is 825. The van der Waals surface area contributed by atoms with Gasteiger partial charge in [0.1, 0.15) is 5.75 Å². The molecule has 0 aromatic carbocycles. The SMILES string of the molecule is CC[C@@H](NC(=O)c1ccc(OC)nc1)[C@H]1CC[C@@H](c2cc(OC(F)F)ccn2)CC1. The second kappa shape index (κ2) is 10.3. The molecule has 1 saturated carbocycles.